The summed E-state index contributed by atoms with van der Waals surface area (Å²) in [6, 6.07) is 0.444. The number of nitrogens with zero attached hydrogens (tertiary/aromatic N) is 1. The maximum atomic E-state index is 9.38. The van der Waals surface area contributed by atoms with Gasteiger partial charge in [-0.1, -0.05) is 6.92 Å². The molecule has 0 saturated carbocycles. The van der Waals surface area contributed by atoms with E-state index >= 15 is 0 Å². The van der Waals surface area contributed by atoms with Crippen molar-refractivity contribution < 1.29 is 9.84 Å². The van der Waals surface area contributed by atoms with Crippen LogP contribution in [0, 0.1) is 0 Å². The van der Waals surface area contributed by atoms with Crippen LogP contribution in [0.4, 0.5) is 0 Å². The van der Waals surface area contributed by atoms with Crippen molar-refractivity contribution >= 4 is 0 Å². The van der Waals surface area contributed by atoms with Crippen LogP contribution in [0.25, 0.3) is 0 Å². The van der Waals surface area contributed by atoms with Crippen LogP contribution < -0.4 is 5.32 Å². The molecule has 17 heavy (non-hydrogen) atoms. The topological polar surface area (TPSA) is 44.7 Å². The van der Waals surface area contributed by atoms with Crippen molar-refractivity contribution in [3.05, 3.63) is 0 Å². The molecule has 0 spiro atoms. The Kier molecular flexibility index (Phi) is 8.78. The second-order valence-corrected chi connectivity index (χ2v) is 5.14. The smallest absolute Gasteiger partial charge is 0.0615 e. The molecule has 0 saturated heterocycles. The lowest BCUT2D eigenvalue weighted by molar-refractivity contribution is 0.109. The first-order chi connectivity index (χ1) is 7.99. The molecule has 2 atom stereocenters. The minimum Gasteiger partial charge on any atom is -0.394 e. The van der Waals surface area contributed by atoms with Crippen molar-refractivity contribution in [2.75, 3.05) is 40.5 Å². The first kappa shape index (κ1) is 16.8. The Balaban J connectivity index is 3.88. The van der Waals surface area contributed by atoms with Crippen LogP contribution in [0.1, 0.15) is 33.6 Å². The molecule has 0 aromatic heterocycles. The number of hydrogen-bond donors (Lipinski definition) is 2. The molecule has 0 aromatic carbocycles. The lowest BCUT2D eigenvalue weighted by Crippen LogP contribution is -2.46. The van der Waals surface area contributed by atoms with E-state index < -0.39 is 0 Å². The largest absolute Gasteiger partial charge is 0.394 e. The van der Waals surface area contributed by atoms with E-state index in [4.69, 9.17) is 4.74 Å². The fraction of sp³-hybridized carbons (Fsp3) is 1.00. The number of aliphatic hydroxyl groups is 1. The van der Waals surface area contributed by atoms with Gasteiger partial charge in [0, 0.05) is 18.7 Å². The summed E-state index contributed by atoms with van der Waals surface area (Å²) in [6.45, 7) is 9.20. The van der Waals surface area contributed by atoms with E-state index in [9.17, 15) is 5.11 Å². The predicted octanol–water partition coefficient (Wildman–Crippen LogP) is 1.09. The van der Waals surface area contributed by atoms with Crippen molar-refractivity contribution in [2.24, 2.45) is 0 Å². The number of hydrogen-bond acceptors (Lipinski definition) is 4. The van der Waals surface area contributed by atoms with E-state index in [2.05, 4.69) is 38.0 Å². The van der Waals surface area contributed by atoms with Gasteiger partial charge < -0.3 is 20.1 Å². The van der Waals surface area contributed by atoms with Crippen molar-refractivity contribution in [1.82, 2.24) is 10.2 Å². The zero-order valence-electron chi connectivity index (χ0n) is 12.1. The molecule has 0 aliphatic rings. The molecule has 0 aliphatic carbocycles. The van der Waals surface area contributed by atoms with Crippen molar-refractivity contribution in [1.29, 1.82) is 0 Å². The van der Waals surface area contributed by atoms with E-state index in [0.717, 1.165) is 32.5 Å². The van der Waals surface area contributed by atoms with E-state index in [1.54, 1.807) is 7.11 Å². The average molecular weight is 246 g/mol. The fourth-order valence-corrected chi connectivity index (χ4v) is 1.96. The molecule has 4 heteroatoms. The summed E-state index contributed by atoms with van der Waals surface area (Å²) >= 11 is 0. The predicted molar refractivity (Wildman–Crippen MR) is 72.4 cm³/mol. The Hall–Kier alpha value is -0.160. The van der Waals surface area contributed by atoms with Crippen LogP contribution >= 0.6 is 0 Å². The van der Waals surface area contributed by atoms with E-state index in [1.807, 2.05) is 0 Å². The number of rotatable bonds is 10. The Morgan fingerprint density at radius 1 is 1.47 bits per heavy atom. The highest BCUT2D eigenvalue weighted by atomic mass is 16.5. The maximum Gasteiger partial charge on any atom is 0.0615 e. The van der Waals surface area contributed by atoms with Crippen LogP contribution in [0.15, 0.2) is 0 Å². The summed E-state index contributed by atoms with van der Waals surface area (Å²) in [5.41, 5.74) is -0.139. The molecule has 2 unspecified atom stereocenters. The Labute approximate surface area is 106 Å². The van der Waals surface area contributed by atoms with Gasteiger partial charge in [-0.05, 0) is 46.8 Å². The fourth-order valence-electron chi connectivity index (χ4n) is 1.96. The van der Waals surface area contributed by atoms with Crippen LogP contribution in [0.3, 0.4) is 0 Å². The SMILES string of the molecule is CCNC(C)(CO)CCCN(C)C(C)COC. The Bertz CT molecular complexity index is 190. The van der Waals surface area contributed by atoms with E-state index in [1.165, 1.54) is 0 Å². The van der Waals surface area contributed by atoms with Gasteiger partial charge in [0.05, 0.1) is 13.2 Å². The van der Waals surface area contributed by atoms with Crippen molar-refractivity contribution in [3.63, 3.8) is 0 Å². The lowest BCUT2D eigenvalue weighted by atomic mass is 9.96. The standard InChI is InChI=1S/C13H30N2O2/c1-6-14-13(3,11-16)8-7-9-15(4)12(2)10-17-5/h12,14,16H,6-11H2,1-5H3. The molecule has 0 amide bonds. The lowest BCUT2D eigenvalue weighted by Gasteiger charge is -2.30. The summed E-state index contributed by atoms with van der Waals surface area (Å²) in [6.07, 6.45) is 2.07. The third-order valence-corrected chi connectivity index (χ3v) is 3.35. The van der Waals surface area contributed by atoms with Crippen LogP contribution in [0.2, 0.25) is 0 Å². The van der Waals surface area contributed by atoms with Gasteiger partial charge in [0.1, 0.15) is 0 Å². The normalized spacial score (nSPS) is 17.1. The molecule has 0 radical (unpaired) electrons. The second-order valence-electron chi connectivity index (χ2n) is 5.14. The summed E-state index contributed by atoms with van der Waals surface area (Å²) in [7, 11) is 3.85. The Morgan fingerprint density at radius 3 is 2.59 bits per heavy atom. The van der Waals surface area contributed by atoms with Crippen LogP contribution in [-0.2, 0) is 4.74 Å². The monoisotopic (exact) mass is 246 g/mol. The quantitative estimate of drug-likeness (QED) is 0.606. The second kappa shape index (κ2) is 8.86. The highest BCUT2D eigenvalue weighted by molar-refractivity contribution is 4.82. The molecule has 104 valence electrons. The number of likely N-dealkylation sites (N-methyl/N-ethyl adjacent to an activating group) is 2. The molecule has 0 heterocycles. The van der Waals surface area contributed by atoms with Gasteiger partial charge in [-0.2, -0.15) is 0 Å². The maximum absolute atomic E-state index is 9.38. The molecule has 0 bridgehead atoms. The Morgan fingerprint density at radius 2 is 2.12 bits per heavy atom. The number of aliphatic hydroxyl groups excluding tert-OH is 1. The molecule has 0 aromatic rings. The number of methoxy groups -OCH3 is 1. The molecule has 0 fully saturated rings. The highest BCUT2D eigenvalue weighted by Gasteiger charge is 2.21. The number of nitrogens with one attached hydrogen (secondary N) is 1. The van der Waals surface area contributed by atoms with Crippen LogP contribution in [-0.4, -0.2) is 62.0 Å². The van der Waals surface area contributed by atoms with Gasteiger partial charge in [-0.25, -0.2) is 0 Å². The average Bonchev–Trinajstić information content (AvgIpc) is 2.29. The summed E-state index contributed by atoms with van der Waals surface area (Å²) in [4.78, 5) is 2.30. The van der Waals surface area contributed by atoms with E-state index in [-0.39, 0.29) is 12.1 Å². The highest BCUT2D eigenvalue weighted by Crippen LogP contribution is 2.12. The third-order valence-electron chi connectivity index (χ3n) is 3.35. The zero-order valence-corrected chi connectivity index (χ0v) is 12.1. The summed E-state index contributed by atoms with van der Waals surface area (Å²) in [5, 5.41) is 12.7. The van der Waals surface area contributed by atoms with Crippen molar-refractivity contribution in [3.8, 4) is 0 Å². The minimum atomic E-state index is -0.139. The molecule has 4 nitrogen and oxygen atoms in total. The molecule has 0 rings (SSSR count). The zero-order chi connectivity index (χ0) is 13.3. The minimum absolute atomic E-state index is 0.139. The molecule has 0 aliphatic heterocycles. The third kappa shape index (κ3) is 6.99. The van der Waals surface area contributed by atoms with E-state index in [0.29, 0.717) is 6.04 Å². The molecular formula is C13H30N2O2. The van der Waals surface area contributed by atoms with Gasteiger partial charge >= 0.3 is 0 Å². The number of ether oxygens (including phenoxy) is 1. The van der Waals surface area contributed by atoms with Gasteiger partial charge in [0.2, 0.25) is 0 Å². The summed E-state index contributed by atoms with van der Waals surface area (Å²) in [5.74, 6) is 0. The van der Waals surface area contributed by atoms with Gasteiger partial charge in [-0.15, -0.1) is 0 Å². The first-order valence-electron chi connectivity index (χ1n) is 6.54. The van der Waals surface area contributed by atoms with Gasteiger partial charge in [-0.3, -0.25) is 0 Å². The molecule has 2 N–H and O–H groups in total. The van der Waals surface area contributed by atoms with Crippen LogP contribution in [0.5, 0.6) is 0 Å². The van der Waals surface area contributed by atoms with Gasteiger partial charge in [0.25, 0.3) is 0 Å². The van der Waals surface area contributed by atoms with Crippen molar-refractivity contribution in [2.45, 2.75) is 45.2 Å². The first-order valence-corrected chi connectivity index (χ1v) is 6.54. The van der Waals surface area contributed by atoms with Gasteiger partial charge in [0.15, 0.2) is 0 Å². The molecular weight excluding hydrogens is 216 g/mol. The summed E-state index contributed by atoms with van der Waals surface area (Å²) < 4.78 is 5.14.